The van der Waals surface area contributed by atoms with Gasteiger partial charge in [-0.05, 0) is 49.1 Å². The van der Waals surface area contributed by atoms with Crippen molar-refractivity contribution < 1.29 is 18.7 Å². The molecule has 0 unspecified atom stereocenters. The Labute approximate surface area is 124 Å². The maximum atomic E-state index is 11.8. The highest BCUT2D eigenvalue weighted by Gasteiger charge is 2.40. The third kappa shape index (κ3) is 3.65. The average Bonchev–Trinajstić information content (AvgIpc) is 3.20. The molecule has 2 aliphatic carbocycles. The molecule has 0 saturated heterocycles. The zero-order chi connectivity index (χ0) is 14.7. The second kappa shape index (κ2) is 6.33. The summed E-state index contributed by atoms with van der Waals surface area (Å²) in [5.74, 6) is 2.13. The molecule has 1 aromatic heterocycles. The Morgan fingerprint density at radius 3 is 2.90 bits per heavy atom. The van der Waals surface area contributed by atoms with E-state index < -0.39 is 0 Å². The molecule has 2 fully saturated rings. The van der Waals surface area contributed by atoms with Crippen LogP contribution >= 0.6 is 0 Å². The highest BCUT2D eigenvalue weighted by Crippen LogP contribution is 2.49. The normalized spacial score (nSPS) is 26.8. The molecule has 5 nitrogen and oxygen atoms in total. The molecule has 0 spiro atoms. The minimum Gasteiger partial charge on any atom is -0.467 e. The molecule has 3 atom stereocenters. The van der Waals surface area contributed by atoms with E-state index in [1.165, 1.54) is 19.3 Å². The fraction of sp³-hybridized carbons (Fsp3) is 0.625. The van der Waals surface area contributed by atoms with Crippen LogP contribution in [0.2, 0.25) is 0 Å². The van der Waals surface area contributed by atoms with Gasteiger partial charge in [-0.1, -0.05) is 6.42 Å². The lowest BCUT2D eigenvalue weighted by atomic mass is 9.86. The largest absolute Gasteiger partial charge is 0.467 e. The first-order chi connectivity index (χ1) is 10.2. The molecule has 3 rings (SSSR count). The van der Waals surface area contributed by atoms with Crippen molar-refractivity contribution in [3.63, 3.8) is 0 Å². The highest BCUT2D eigenvalue weighted by molar-refractivity contribution is 5.80. The molecule has 21 heavy (non-hydrogen) atoms. The lowest BCUT2D eigenvalue weighted by Gasteiger charge is -2.20. The lowest BCUT2D eigenvalue weighted by Crippen LogP contribution is -2.28. The smallest absolute Gasteiger partial charge is 0.306 e. The zero-order valence-corrected chi connectivity index (χ0v) is 12.0. The first-order valence-electron chi connectivity index (χ1n) is 7.65. The molecule has 5 heteroatoms. The Morgan fingerprint density at radius 1 is 1.33 bits per heavy atom. The van der Waals surface area contributed by atoms with Gasteiger partial charge in [-0.3, -0.25) is 9.59 Å². The molecule has 114 valence electrons. The molecule has 0 aliphatic heterocycles. The number of furan rings is 1. The molecule has 1 amide bonds. The summed E-state index contributed by atoms with van der Waals surface area (Å²) < 4.78 is 10.2. The highest BCUT2D eigenvalue weighted by atomic mass is 16.5. The Balaban J connectivity index is 1.33. The van der Waals surface area contributed by atoms with Crippen molar-refractivity contribution in [1.82, 2.24) is 5.32 Å². The Morgan fingerprint density at radius 2 is 2.24 bits per heavy atom. The van der Waals surface area contributed by atoms with Crippen LogP contribution in [0.5, 0.6) is 0 Å². The van der Waals surface area contributed by atoms with Gasteiger partial charge in [0.05, 0.1) is 12.8 Å². The fourth-order valence-electron chi connectivity index (χ4n) is 3.70. The Hall–Kier alpha value is -1.78. The van der Waals surface area contributed by atoms with Crippen molar-refractivity contribution in [2.75, 3.05) is 6.61 Å². The second-order valence-electron chi connectivity index (χ2n) is 6.16. The maximum Gasteiger partial charge on any atom is 0.306 e. The molecule has 2 aliphatic rings. The van der Waals surface area contributed by atoms with Gasteiger partial charge in [0.2, 0.25) is 0 Å². The van der Waals surface area contributed by atoms with E-state index in [2.05, 4.69) is 5.32 Å². The number of hydrogen-bond donors (Lipinski definition) is 1. The van der Waals surface area contributed by atoms with Crippen LogP contribution in [-0.2, 0) is 20.9 Å². The average molecular weight is 291 g/mol. The van der Waals surface area contributed by atoms with Gasteiger partial charge >= 0.3 is 5.97 Å². The van der Waals surface area contributed by atoms with Crippen LogP contribution in [0.4, 0.5) is 0 Å². The summed E-state index contributed by atoms with van der Waals surface area (Å²) in [4.78, 5) is 23.4. The molecular formula is C16H21NO4. The number of esters is 1. The van der Waals surface area contributed by atoms with E-state index >= 15 is 0 Å². The number of amides is 1. The van der Waals surface area contributed by atoms with Crippen LogP contribution in [0.1, 0.15) is 37.9 Å². The zero-order valence-electron chi connectivity index (χ0n) is 12.0. The molecule has 2 bridgehead atoms. The van der Waals surface area contributed by atoms with Gasteiger partial charge in [-0.2, -0.15) is 0 Å². The molecular weight excluding hydrogens is 270 g/mol. The molecule has 1 N–H and O–H groups in total. The summed E-state index contributed by atoms with van der Waals surface area (Å²) in [6.45, 7) is 0.107. The maximum absolute atomic E-state index is 11.8. The predicted octanol–water partition coefficient (Wildman–Crippen LogP) is 2.27. The number of carbonyl (C=O) groups excluding carboxylic acids is 2. The first kappa shape index (κ1) is 14.2. The molecule has 2 saturated carbocycles. The molecule has 0 radical (unpaired) electrons. The lowest BCUT2D eigenvalue weighted by molar-refractivity contribution is -0.149. The Bertz CT molecular complexity index is 496. The first-order valence-corrected chi connectivity index (χ1v) is 7.65. The topological polar surface area (TPSA) is 68.5 Å². The summed E-state index contributed by atoms with van der Waals surface area (Å²) in [5.41, 5.74) is 0. The standard InChI is InChI=1S/C16H21NO4/c18-15(17-9-14-2-1-5-20-14)10-21-16(19)8-13-7-11-3-4-12(13)6-11/h1-2,5,11-13H,3-4,6-10H2,(H,17,18)/t11-,12-,13-/m1/s1. The van der Waals surface area contributed by atoms with Crippen molar-refractivity contribution >= 4 is 11.9 Å². The van der Waals surface area contributed by atoms with E-state index in [0.29, 0.717) is 30.6 Å². The molecule has 1 aromatic rings. The number of nitrogens with one attached hydrogen (secondary N) is 1. The van der Waals surface area contributed by atoms with E-state index in [1.807, 2.05) is 0 Å². The van der Waals surface area contributed by atoms with Crippen molar-refractivity contribution in [3.8, 4) is 0 Å². The predicted molar refractivity (Wildman–Crippen MR) is 75.1 cm³/mol. The van der Waals surface area contributed by atoms with Crippen molar-refractivity contribution in [3.05, 3.63) is 24.2 Å². The van der Waals surface area contributed by atoms with Crippen LogP contribution in [0, 0.1) is 17.8 Å². The van der Waals surface area contributed by atoms with Gasteiger partial charge in [0.15, 0.2) is 6.61 Å². The van der Waals surface area contributed by atoms with Gasteiger partial charge in [0, 0.05) is 6.42 Å². The van der Waals surface area contributed by atoms with E-state index in [9.17, 15) is 9.59 Å². The molecule has 0 aromatic carbocycles. The van der Waals surface area contributed by atoms with Crippen LogP contribution in [-0.4, -0.2) is 18.5 Å². The number of hydrogen-bond acceptors (Lipinski definition) is 4. The summed E-state index contributed by atoms with van der Waals surface area (Å²) in [6, 6.07) is 3.54. The van der Waals surface area contributed by atoms with Gasteiger partial charge in [-0.15, -0.1) is 0 Å². The summed E-state index contributed by atoms with van der Waals surface area (Å²) in [6.07, 6.45) is 7.03. The van der Waals surface area contributed by atoms with Gasteiger partial charge in [0.1, 0.15) is 5.76 Å². The van der Waals surface area contributed by atoms with Crippen LogP contribution < -0.4 is 5.32 Å². The third-order valence-electron chi connectivity index (χ3n) is 4.72. The van der Waals surface area contributed by atoms with Crippen molar-refractivity contribution in [2.24, 2.45) is 17.8 Å². The fourth-order valence-corrected chi connectivity index (χ4v) is 3.70. The van der Waals surface area contributed by atoms with Crippen molar-refractivity contribution in [2.45, 2.75) is 38.6 Å². The monoisotopic (exact) mass is 291 g/mol. The summed E-state index contributed by atoms with van der Waals surface area (Å²) in [5, 5.41) is 2.65. The number of rotatable bonds is 6. The van der Waals surface area contributed by atoms with E-state index in [4.69, 9.17) is 9.15 Å². The Kier molecular flexibility index (Phi) is 4.27. The third-order valence-corrected chi connectivity index (χ3v) is 4.72. The number of carbonyl (C=O) groups is 2. The van der Waals surface area contributed by atoms with Crippen molar-refractivity contribution in [1.29, 1.82) is 0 Å². The van der Waals surface area contributed by atoms with Gasteiger partial charge < -0.3 is 14.5 Å². The van der Waals surface area contributed by atoms with Crippen LogP contribution in [0.15, 0.2) is 22.8 Å². The summed E-state index contributed by atoms with van der Waals surface area (Å²) in [7, 11) is 0. The van der Waals surface area contributed by atoms with Crippen LogP contribution in [0.25, 0.3) is 0 Å². The molecule has 1 heterocycles. The number of ether oxygens (including phenoxy) is 1. The number of fused-ring (bicyclic) bond motifs is 2. The van der Waals surface area contributed by atoms with E-state index in [1.54, 1.807) is 18.4 Å². The SMILES string of the molecule is O=C(COC(=O)C[C@H]1C[C@@H]2CC[C@@H]1C2)NCc1ccco1. The quantitative estimate of drug-likeness (QED) is 0.816. The van der Waals surface area contributed by atoms with Crippen LogP contribution in [0.3, 0.4) is 0 Å². The second-order valence-corrected chi connectivity index (χ2v) is 6.16. The van der Waals surface area contributed by atoms with Gasteiger partial charge in [-0.25, -0.2) is 0 Å². The van der Waals surface area contributed by atoms with E-state index in [-0.39, 0.29) is 18.5 Å². The minimum atomic E-state index is -0.298. The van der Waals surface area contributed by atoms with E-state index in [0.717, 1.165) is 12.3 Å². The minimum absolute atomic E-state index is 0.208. The van der Waals surface area contributed by atoms with Gasteiger partial charge in [0.25, 0.3) is 5.91 Å². The summed E-state index contributed by atoms with van der Waals surface area (Å²) >= 11 is 0.